The molecule has 2 heterocycles. The molecule has 1 aromatic carbocycles. The third kappa shape index (κ3) is 5.37. The van der Waals surface area contributed by atoms with Gasteiger partial charge < -0.3 is 26.0 Å². The summed E-state index contributed by atoms with van der Waals surface area (Å²) in [4.78, 5) is 56.9. The molecule has 5 N–H and O–H groups in total. The average Bonchev–Trinajstić information content (AvgIpc) is 2.82. The van der Waals surface area contributed by atoms with Crippen molar-refractivity contribution in [3.8, 4) is 0 Å². The van der Waals surface area contributed by atoms with Crippen LogP contribution in [0.25, 0.3) is 0 Å². The van der Waals surface area contributed by atoms with Gasteiger partial charge in [-0.3, -0.25) is 29.6 Å². The molecule has 1 fully saturated rings. The van der Waals surface area contributed by atoms with E-state index in [-0.39, 0.29) is 24.5 Å². The molecule has 1 aromatic heterocycles. The van der Waals surface area contributed by atoms with Crippen molar-refractivity contribution in [3.63, 3.8) is 0 Å². The lowest BCUT2D eigenvalue weighted by molar-refractivity contribution is -0.162. The number of aromatic nitrogens is 1. The predicted molar refractivity (Wildman–Crippen MR) is 122 cm³/mol. The van der Waals surface area contributed by atoms with Crippen molar-refractivity contribution in [1.82, 2.24) is 20.1 Å². The molecule has 34 heavy (non-hydrogen) atoms. The van der Waals surface area contributed by atoms with Crippen LogP contribution in [0.4, 0.5) is 0 Å². The summed E-state index contributed by atoms with van der Waals surface area (Å²) in [6.07, 6.45) is 2.25. The minimum Gasteiger partial charge on any atom is -0.481 e. The zero-order valence-corrected chi connectivity index (χ0v) is 18.6. The van der Waals surface area contributed by atoms with Crippen LogP contribution in [0.2, 0.25) is 0 Å². The van der Waals surface area contributed by atoms with Crippen LogP contribution in [0.15, 0.2) is 48.8 Å². The van der Waals surface area contributed by atoms with Gasteiger partial charge in [0.15, 0.2) is 0 Å². The molecule has 0 saturated carbocycles. The van der Waals surface area contributed by atoms with Gasteiger partial charge >= 0.3 is 17.8 Å². The van der Waals surface area contributed by atoms with Crippen molar-refractivity contribution >= 4 is 29.5 Å². The van der Waals surface area contributed by atoms with Crippen LogP contribution >= 0.6 is 0 Å². The minimum absolute atomic E-state index is 0.0812. The zero-order valence-electron chi connectivity index (χ0n) is 18.6. The number of hydrogen-bond acceptors (Lipinski definition) is 6. The monoisotopic (exact) mass is 466 g/mol. The number of amides is 3. The predicted octanol–water partition coefficient (Wildman–Crippen LogP) is 0.718. The molecule has 11 nitrogen and oxygen atoms in total. The molecule has 11 heteroatoms. The van der Waals surface area contributed by atoms with E-state index in [1.165, 1.54) is 46.5 Å². The standard InChI is InChI=1S/C23H26N6O5/c1-2-11-28-18(27-21(32)16-5-3-15(4-6-16)20(24)25)13-29(23(34)22(28)33)17(12-19(30)31)14-7-9-26-10-8-14/h3-10,17-18H,2,11-13H2,1H3,(H3,24,25)(H,27,32)(H,30,31). The van der Waals surface area contributed by atoms with Crippen molar-refractivity contribution in [1.29, 1.82) is 5.41 Å². The maximum Gasteiger partial charge on any atom is 0.313 e. The Kier molecular flexibility index (Phi) is 7.57. The number of nitrogens with zero attached hydrogens (tertiary/aromatic N) is 3. The lowest BCUT2D eigenvalue weighted by atomic mass is 10.0. The fourth-order valence-electron chi connectivity index (χ4n) is 3.84. The topological polar surface area (TPSA) is 170 Å². The fourth-order valence-corrected chi connectivity index (χ4v) is 3.84. The molecular weight excluding hydrogens is 440 g/mol. The third-order valence-electron chi connectivity index (χ3n) is 5.51. The Labute approximate surface area is 196 Å². The van der Waals surface area contributed by atoms with E-state index in [4.69, 9.17) is 11.1 Å². The second-order valence-corrected chi connectivity index (χ2v) is 7.83. The van der Waals surface area contributed by atoms with Crippen molar-refractivity contribution in [2.75, 3.05) is 13.1 Å². The second-order valence-electron chi connectivity index (χ2n) is 7.83. The number of carbonyl (C=O) groups is 4. The first-order valence-corrected chi connectivity index (χ1v) is 10.7. The van der Waals surface area contributed by atoms with Crippen molar-refractivity contribution < 1.29 is 24.3 Å². The number of pyridine rings is 1. The minimum atomic E-state index is -1.14. The van der Waals surface area contributed by atoms with E-state index >= 15 is 0 Å². The first-order valence-electron chi connectivity index (χ1n) is 10.7. The number of piperazine rings is 1. The van der Waals surface area contributed by atoms with Crippen molar-refractivity contribution in [3.05, 3.63) is 65.5 Å². The molecule has 0 spiro atoms. The summed E-state index contributed by atoms with van der Waals surface area (Å²) in [6.45, 7) is 2.00. The Bertz CT molecular complexity index is 1090. The molecule has 3 rings (SSSR count). The largest absolute Gasteiger partial charge is 0.481 e. The number of nitrogens with one attached hydrogen (secondary N) is 2. The van der Waals surface area contributed by atoms with Crippen LogP contribution in [-0.2, 0) is 14.4 Å². The molecule has 0 radical (unpaired) electrons. The summed E-state index contributed by atoms with van der Waals surface area (Å²) < 4.78 is 0. The van der Waals surface area contributed by atoms with Crippen LogP contribution in [-0.4, -0.2) is 68.7 Å². The Morgan fingerprint density at radius 1 is 1.15 bits per heavy atom. The maximum atomic E-state index is 13.0. The highest BCUT2D eigenvalue weighted by Gasteiger charge is 2.43. The molecular formula is C23H26N6O5. The number of nitrogen functional groups attached to an aromatic ring is 1. The highest BCUT2D eigenvalue weighted by molar-refractivity contribution is 6.35. The molecule has 2 aromatic rings. The van der Waals surface area contributed by atoms with Gasteiger partial charge in [-0.25, -0.2) is 0 Å². The smallest absolute Gasteiger partial charge is 0.313 e. The van der Waals surface area contributed by atoms with Crippen LogP contribution in [0.3, 0.4) is 0 Å². The lowest BCUT2D eigenvalue weighted by Crippen LogP contribution is -2.65. The molecule has 0 bridgehead atoms. The summed E-state index contributed by atoms with van der Waals surface area (Å²) >= 11 is 0. The number of hydrogen-bond donors (Lipinski definition) is 4. The van der Waals surface area contributed by atoms with Gasteiger partial charge in [0.25, 0.3) is 5.91 Å². The Hall–Kier alpha value is -4.28. The maximum absolute atomic E-state index is 13.0. The number of nitrogens with two attached hydrogens (primary N) is 1. The second kappa shape index (κ2) is 10.6. The first kappa shape index (κ1) is 24.4. The van der Waals surface area contributed by atoms with Gasteiger partial charge in [0.1, 0.15) is 12.0 Å². The Morgan fingerprint density at radius 3 is 2.32 bits per heavy atom. The van der Waals surface area contributed by atoms with E-state index in [0.717, 1.165) is 0 Å². The molecule has 2 atom stereocenters. The third-order valence-corrected chi connectivity index (χ3v) is 5.51. The average molecular weight is 466 g/mol. The molecule has 0 aliphatic carbocycles. The van der Waals surface area contributed by atoms with Gasteiger partial charge in [0.2, 0.25) is 0 Å². The summed E-state index contributed by atoms with van der Waals surface area (Å²) in [7, 11) is 0. The normalized spacial score (nSPS) is 16.8. The van der Waals surface area contributed by atoms with Gasteiger partial charge in [-0.15, -0.1) is 0 Å². The van der Waals surface area contributed by atoms with Crippen molar-refractivity contribution in [2.45, 2.75) is 32.0 Å². The zero-order chi connectivity index (χ0) is 24.8. The van der Waals surface area contributed by atoms with E-state index in [0.29, 0.717) is 17.5 Å². The van der Waals surface area contributed by atoms with Gasteiger partial charge in [-0.1, -0.05) is 19.1 Å². The summed E-state index contributed by atoms with van der Waals surface area (Å²) in [5.41, 5.74) is 6.72. The van der Waals surface area contributed by atoms with E-state index in [1.807, 2.05) is 6.92 Å². The number of amidine groups is 1. The van der Waals surface area contributed by atoms with Gasteiger partial charge in [-0.05, 0) is 36.2 Å². The highest BCUT2D eigenvalue weighted by Crippen LogP contribution is 2.28. The van der Waals surface area contributed by atoms with Crippen LogP contribution in [0.5, 0.6) is 0 Å². The molecule has 1 aliphatic rings. The first-order chi connectivity index (χ1) is 16.2. The Morgan fingerprint density at radius 2 is 1.76 bits per heavy atom. The number of carboxylic acid groups (broad SMARTS) is 1. The molecule has 178 valence electrons. The summed E-state index contributed by atoms with van der Waals surface area (Å²) in [6, 6.07) is 8.36. The highest BCUT2D eigenvalue weighted by atomic mass is 16.4. The quantitative estimate of drug-likeness (QED) is 0.240. The molecule has 1 saturated heterocycles. The van der Waals surface area contributed by atoms with Crippen LogP contribution in [0.1, 0.15) is 47.3 Å². The number of carbonyl (C=O) groups excluding carboxylic acids is 3. The number of benzene rings is 1. The van der Waals surface area contributed by atoms with Gasteiger partial charge in [0, 0.05) is 30.1 Å². The number of rotatable bonds is 9. The van der Waals surface area contributed by atoms with Crippen LogP contribution < -0.4 is 11.1 Å². The molecule has 3 amide bonds. The Balaban J connectivity index is 1.90. The van der Waals surface area contributed by atoms with Gasteiger partial charge in [0.05, 0.1) is 19.0 Å². The summed E-state index contributed by atoms with van der Waals surface area (Å²) in [5.74, 6) is -3.39. The summed E-state index contributed by atoms with van der Waals surface area (Å²) in [5, 5.41) is 19.7. The van der Waals surface area contributed by atoms with E-state index in [9.17, 15) is 24.3 Å². The van der Waals surface area contributed by atoms with Crippen LogP contribution in [0, 0.1) is 5.41 Å². The lowest BCUT2D eigenvalue weighted by Gasteiger charge is -2.43. The van der Waals surface area contributed by atoms with Gasteiger partial charge in [-0.2, -0.15) is 0 Å². The fraction of sp³-hybridized carbons (Fsp3) is 0.304. The molecule has 1 aliphatic heterocycles. The van der Waals surface area contributed by atoms with E-state index < -0.39 is 42.3 Å². The van der Waals surface area contributed by atoms with E-state index in [1.54, 1.807) is 12.1 Å². The number of aliphatic carboxylic acids is 1. The SMILES string of the molecule is CCCN1C(=O)C(=O)N(C(CC(=O)O)c2ccncc2)CC1NC(=O)c1ccc(C(=N)N)cc1. The van der Waals surface area contributed by atoms with E-state index in [2.05, 4.69) is 10.3 Å². The molecule has 2 unspecified atom stereocenters. The van der Waals surface area contributed by atoms with Crippen molar-refractivity contribution in [2.24, 2.45) is 5.73 Å². The number of carboxylic acids is 1.